The standard InChI is InChI=1S/C18H19N5OS/c1-12-10-23(8-7-19-12)18(24)15-11-25-17(21-15)14-9-20-22-16(14)13-5-3-2-4-6-13/h2-6,9,11-12,19H,7-8,10H2,1H3,(H,20,22)/t12-/m0/s1. The zero-order valence-electron chi connectivity index (χ0n) is 13.9. The van der Waals surface area contributed by atoms with E-state index in [4.69, 9.17) is 0 Å². The van der Waals surface area contributed by atoms with Gasteiger partial charge in [-0.1, -0.05) is 30.3 Å². The number of aromatic nitrogens is 3. The van der Waals surface area contributed by atoms with E-state index in [1.165, 1.54) is 11.3 Å². The maximum absolute atomic E-state index is 12.7. The number of hydrogen-bond donors (Lipinski definition) is 2. The molecule has 1 aliphatic heterocycles. The number of hydrogen-bond acceptors (Lipinski definition) is 5. The Balaban J connectivity index is 1.60. The van der Waals surface area contributed by atoms with Gasteiger partial charge in [-0.25, -0.2) is 4.98 Å². The van der Waals surface area contributed by atoms with Gasteiger partial charge in [0.2, 0.25) is 0 Å². The maximum Gasteiger partial charge on any atom is 0.273 e. The summed E-state index contributed by atoms with van der Waals surface area (Å²) >= 11 is 1.47. The second-order valence-electron chi connectivity index (χ2n) is 6.17. The van der Waals surface area contributed by atoms with Gasteiger partial charge in [-0.3, -0.25) is 9.89 Å². The van der Waals surface area contributed by atoms with Crippen molar-refractivity contribution in [2.24, 2.45) is 0 Å². The Morgan fingerprint density at radius 3 is 2.96 bits per heavy atom. The molecule has 1 fully saturated rings. The van der Waals surface area contributed by atoms with Crippen LogP contribution in [0.1, 0.15) is 17.4 Å². The lowest BCUT2D eigenvalue weighted by atomic mass is 10.1. The van der Waals surface area contributed by atoms with E-state index >= 15 is 0 Å². The van der Waals surface area contributed by atoms with Crippen molar-refractivity contribution in [2.45, 2.75) is 13.0 Å². The molecule has 0 spiro atoms. The van der Waals surface area contributed by atoms with E-state index in [0.29, 0.717) is 18.3 Å². The van der Waals surface area contributed by atoms with Crippen LogP contribution in [0.25, 0.3) is 21.8 Å². The van der Waals surface area contributed by atoms with Crippen molar-refractivity contribution in [2.75, 3.05) is 19.6 Å². The van der Waals surface area contributed by atoms with E-state index in [0.717, 1.165) is 34.9 Å². The third-order valence-corrected chi connectivity index (χ3v) is 5.19. The largest absolute Gasteiger partial charge is 0.334 e. The summed E-state index contributed by atoms with van der Waals surface area (Å²) in [6.45, 7) is 4.34. The highest BCUT2D eigenvalue weighted by molar-refractivity contribution is 7.13. The van der Waals surface area contributed by atoms with Crippen LogP contribution in [0.15, 0.2) is 41.9 Å². The molecular formula is C18H19N5OS. The minimum absolute atomic E-state index is 0.000561. The van der Waals surface area contributed by atoms with Crippen LogP contribution >= 0.6 is 11.3 Å². The Morgan fingerprint density at radius 2 is 2.16 bits per heavy atom. The predicted octanol–water partition coefficient (Wildman–Crippen LogP) is 2.63. The minimum atomic E-state index is 0.000561. The summed E-state index contributed by atoms with van der Waals surface area (Å²) in [4.78, 5) is 19.2. The van der Waals surface area contributed by atoms with Crippen LogP contribution < -0.4 is 5.32 Å². The van der Waals surface area contributed by atoms with Gasteiger partial charge in [0.1, 0.15) is 10.7 Å². The fraction of sp³-hybridized carbons (Fsp3) is 0.278. The Labute approximate surface area is 149 Å². The third-order valence-electron chi connectivity index (χ3n) is 4.31. The van der Waals surface area contributed by atoms with Crippen LogP contribution in [0.4, 0.5) is 0 Å². The molecular weight excluding hydrogens is 334 g/mol. The lowest BCUT2D eigenvalue weighted by Gasteiger charge is -2.31. The van der Waals surface area contributed by atoms with Gasteiger partial charge in [-0.2, -0.15) is 5.10 Å². The number of carbonyl (C=O) groups excluding carboxylic acids is 1. The number of rotatable bonds is 3. The number of carbonyl (C=O) groups is 1. The van der Waals surface area contributed by atoms with Gasteiger partial charge in [0.15, 0.2) is 0 Å². The van der Waals surface area contributed by atoms with Crippen LogP contribution in [-0.2, 0) is 0 Å². The third kappa shape index (κ3) is 3.20. The molecule has 0 bridgehead atoms. The number of aromatic amines is 1. The highest BCUT2D eigenvalue weighted by atomic mass is 32.1. The number of amides is 1. The SMILES string of the molecule is C[C@H]1CN(C(=O)c2csc(-c3cn[nH]c3-c3ccccc3)n2)CCN1. The van der Waals surface area contributed by atoms with Crippen molar-refractivity contribution in [3.05, 3.63) is 47.6 Å². The number of H-pyrrole nitrogens is 1. The van der Waals surface area contributed by atoms with E-state index in [9.17, 15) is 4.79 Å². The van der Waals surface area contributed by atoms with E-state index in [-0.39, 0.29) is 5.91 Å². The zero-order chi connectivity index (χ0) is 17.2. The van der Waals surface area contributed by atoms with Crippen molar-refractivity contribution >= 4 is 17.2 Å². The zero-order valence-corrected chi connectivity index (χ0v) is 14.7. The molecule has 2 aromatic heterocycles. The summed E-state index contributed by atoms with van der Waals surface area (Å²) in [5, 5.41) is 13.2. The molecule has 0 saturated carbocycles. The molecule has 3 heterocycles. The molecule has 7 heteroatoms. The molecule has 1 amide bonds. The monoisotopic (exact) mass is 353 g/mol. The second-order valence-corrected chi connectivity index (χ2v) is 7.03. The average Bonchev–Trinajstić information content (AvgIpc) is 3.31. The van der Waals surface area contributed by atoms with Crippen LogP contribution in [0.2, 0.25) is 0 Å². The summed E-state index contributed by atoms with van der Waals surface area (Å²) in [5.74, 6) is 0.000561. The first-order valence-corrected chi connectivity index (χ1v) is 9.17. The smallest absolute Gasteiger partial charge is 0.273 e. The van der Waals surface area contributed by atoms with E-state index in [1.54, 1.807) is 6.20 Å². The Hall–Kier alpha value is -2.51. The second kappa shape index (κ2) is 6.78. The summed E-state index contributed by atoms with van der Waals surface area (Å²) in [6, 6.07) is 10.3. The molecule has 3 aromatic rings. The molecule has 0 radical (unpaired) electrons. The molecule has 128 valence electrons. The highest BCUT2D eigenvalue weighted by Gasteiger charge is 2.24. The maximum atomic E-state index is 12.7. The molecule has 0 unspecified atom stereocenters. The highest BCUT2D eigenvalue weighted by Crippen LogP contribution is 2.32. The molecule has 2 N–H and O–H groups in total. The van der Waals surface area contributed by atoms with Crippen LogP contribution in [0.5, 0.6) is 0 Å². The molecule has 1 saturated heterocycles. The summed E-state index contributed by atoms with van der Waals surface area (Å²) in [7, 11) is 0. The summed E-state index contributed by atoms with van der Waals surface area (Å²) in [6.07, 6.45) is 1.77. The van der Waals surface area contributed by atoms with E-state index in [1.807, 2.05) is 40.6 Å². The van der Waals surface area contributed by atoms with Gasteiger partial charge in [0, 0.05) is 36.6 Å². The molecule has 6 nitrogen and oxygen atoms in total. The Kier molecular flexibility index (Phi) is 4.33. The van der Waals surface area contributed by atoms with Gasteiger partial charge in [-0.15, -0.1) is 11.3 Å². The van der Waals surface area contributed by atoms with Gasteiger partial charge in [0.05, 0.1) is 17.5 Å². The fourth-order valence-corrected chi connectivity index (χ4v) is 3.86. The number of piperazine rings is 1. The minimum Gasteiger partial charge on any atom is -0.334 e. The van der Waals surface area contributed by atoms with Gasteiger partial charge in [-0.05, 0) is 6.92 Å². The van der Waals surface area contributed by atoms with Gasteiger partial charge >= 0.3 is 0 Å². The van der Waals surface area contributed by atoms with E-state index in [2.05, 4.69) is 27.4 Å². The summed E-state index contributed by atoms with van der Waals surface area (Å²) < 4.78 is 0. The lowest BCUT2D eigenvalue weighted by molar-refractivity contribution is 0.0704. The molecule has 1 atom stereocenters. The number of benzene rings is 1. The van der Waals surface area contributed by atoms with Gasteiger partial charge < -0.3 is 10.2 Å². The first kappa shape index (κ1) is 16.0. The number of thiazole rings is 1. The number of nitrogens with zero attached hydrogens (tertiary/aromatic N) is 3. The molecule has 0 aliphatic carbocycles. The molecule has 25 heavy (non-hydrogen) atoms. The van der Waals surface area contributed by atoms with E-state index < -0.39 is 0 Å². The first-order valence-electron chi connectivity index (χ1n) is 8.29. The lowest BCUT2D eigenvalue weighted by Crippen LogP contribution is -2.51. The normalized spacial score (nSPS) is 17.6. The first-order chi connectivity index (χ1) is 12.2. The molecule has 1 aliphatic rings. The average molecular weight is 353 g/mol. The van der Waals surface area contributed by atoms with Crippen molar-refractivity contribution in [1.82, 2.24) is 25.4 Å². The summed E-state index contributed by atoms with van der Waals surface area (Å²) in [5.41, 5.74) is 3.40. The van der Waals surface area contributed by atoms with Crippen molar-refractivity contribution in [3.8, 4) is 21.8 Å². The Bertz CT molecular complexity index is 872. The molecule has 1 aromatic carbocycles. The predicted molar refractivity (Wildman–Crippen MR) is 98.5 cm³/mol. The van der Waals surface area contributed by atoms with Crippen LogP contribution in [0, 0.1) is 0 Å². The van der Waals surface area contributed by atoms with Crippen LogP contribution in [-0.4, -0.2) is 51.7 Å². The van der Waals surface area contributed by atoms with Gasteiger partial charge in [0.25, 0.3) is 5.91 Å². The quantitative estimate of drug-likeness (QED) is 0.759. The number of nitrogens with one attached hydrogen (secondary N) is 2. The van der Waals surface area contributed by atoms with Crippen molar-refractivity contribution in [3.63, 3.8) is 0 Å². The Morgan fingerprint density at radius 1 is 1.32 bits per heavy atom. The van der Waals surface area contributed by atoms with Crippen molar-refractivity contribution in [1.29, 1.82) is 0 Å². The topological polar surface area (TPSA) is 73.9 Å². The molecule has 4 rings (SSSR count). The van der Waals surface area contributed by atoms with Crippen molar-refractivity contribution < 1.29 is 4.79 Å². The fourth-order valence-electron chi connectivity index (χ4n) is 3.05. The van der Waals surface area contributed by atoms with Crippen LogP contribution in [0.3, 0.4) is 0 Å².